The van der Waals surface area contributed by atoms with Crippen LogP contribution in [0.1, 0.15) is 71.4 Å². The predicted molar refractivity (Wildman–Crippen MR) is 106 cm³/mol. The number of hydrogen-bond donors (Lipinski definition) is 1. The van der Waals surface area contributed by atoms with Crippen molar-refractivity contribution in [1.29, 1.82) is 5.41 Å². The maximum absolute atomic E-state index is 12.4. The Morgan fingerprint density at radius 3 is 2.53 bits per heavy atom. The van der Waals surface area contributed by atoms with Gasteiger partial charge in [0.1, 0.15) is 12.7 Å². The molecule has 2 aliphatic heterocycles. The Bertz CT molecular complexity index is 795. The summed E-state index contributed by atoms with van der Waals surface area (Å²) in [5, 5.41) is 7.66. The maximum atomic E-state index is 12.4. The van der Waals surface area contributed by atoms with E-state index in [1.54, 1.807) is 10.8 Å². The number of carbonyl (C=O) groups excluding carboxylic acids is 2. The van der Waals surface area contributed by atoms with Gasteiger partial charge >= 0.3 is 17.9 Å². The largest absolute Gasteiger partial charge is 0.463 e. The zero-order valence-corrected chi connectivity index (χ0v) is 17.7. The Labute approximate surface area is 176 Å². The van der Waals surface area contributed by atoms with Crippen molar-refractivity contribution in [2.24, 2.45) is 0 Å². The molecule has 3 rings (SSSR count). The average Bonchev–Trinajstić information content (AvgIpc) is 3.22. The highest BCUT2D eigenvalue weighted by atomic mass is 16.7. The van der Waals surface area contributed by atoms with Gasteiger partial charge in [0.15, 0.2) is 23.9 Å². The summed E-state index contributed by atoms with van der Waals surface area (Å²) in [7, 11) is 0. The van der Waals surface area contributed by atoms with Crippen LogP contribution in [0.2, 0.25) is 0 Å². The molecule has 0 aromatic carbocycles. The SMILES string of the molecule is CCCCCC(=O)OC[C@H]1O[C@@H]2[C@@H](Oc3nc(=N)ccn32)[C@@H]1OC(=O)CCCCC. The van der Waals surface area contributed by atoms with E-state index in [9.17, 15) is 9.59 Å². The van der Waals surface area contributed by atoms with Crippen molar-refractivity contribution in [3.63, 3.8) is 0 Å². The first-order chi connectivity index (χ1) is 14.5. The molecule has 0 saturated carbocycles. The van der Waals surface area contributed by atoms with E-state index in [1.165, 1.54) is 6.07 Å². The third kappa shape index (κ3) is 5.38. The minimum atomic E-state index is -0.719. The van der Waals surface area contributed by atoms with Crippen LogP contribution in [0, 0.1) is 5.41 Å². The van der Waals surface area contributed by atoms with E-state index >= 15 is 0 Å². The van der Waals surface area contributed by atoms with Gasteiger partial charge in [0.05, 0.1) is 0 Å². The fraction of sp³-hybridized carbons (Fsp3) is 0.714. The van der Waals surface area contributed by atoms with Gasteiger partial charge in [-0.05, 0) is 18.9 Å². The van der Waals surface area contributed by atoms with Crippen molar-refractivity contribution in [3.05, 3.63) is 17.8 Å². The second-order valence-electron chi connectivity index (χ2n) is 7.70. The lowest BCUT2D eigenvalue weighted by molar-refractivity contribution is -0.160. The number of fused-ring (bicyclic) bond motifs is 3. The van der Waals surface area contributed by atoms with Crippen molar-refractivity contribution in [2.75, 3.05) is 6.61 Å². The minimum absolute atomic E-state index is 0.00588. The lowest BCUT2D eigenvalue weighted by Crippen LogP contribution is -2.40. The summed E-state index contributed by atoms with van der Waals surface area (Å²) in [6, 6.07) is 1.78. The van der Waals surface area contributed by atoms with Gasteiger partial charge in [-0.25, -0.2) is 0 Å². The highest BCUT2D eigenvalue weighted by molar-refractivity contribution is 5.70. The molecular formula is C21H31N3O6. The number of nitrogens with one attached hydrogen (secondary N) is 1. The van der Waals surface area contributed by atoms with Gasteiger partial charge in [-0.2, -0.15) is 4.98 Å². The molecule has 30 heavy (non-hydrogen) atoms. The molecule has 9 heteroatoms. The molecule has 1 aromatic heterocycles. The van der Waals surface area contributed by atoms with E-state index in [4.69, 9.17) is 24.4 Å². The molecule has 1 saturated heterocycles. The van der Waals surface area contributed by atoms with Gasteiger partial charge < -0.3 is 18.9 Å². The van der Waals surface area contributed by atoms with Crippen molar-refractivity contribution in [1.82, 2.24) is 9.55 Å². The van der Waals surface area contributed by atoms with E-state index in [-0.39, 0.29) is 30.0 Å². The molecule has 0 unspecified atom stereocenters. The van der Waals surface area contributed by atoms with Crippen molar-refractivity contribution in [2.45, 2.75) is 89.8 Å². The van der Waals surface area contributed by atoms with Crippen LogP contribution in [0.25, 0.3) is 0 Å². The van der Waals surface area contributed by atoms with Crippen molar-refractivity contribution in [3.8, 4) is 6.01 Å². The zero-order chi connectivity index (χ0) is 21.5. The van der Waals surface area contributed by atoms with Crippen LogP contribution in [0.5, 0.6) is 6.01 Å². The summed E-state index contributed by atoms with van der Waals surface area (Å²) >= 11 is 0. The molecule has 0 radical (unpaired) electrons. The normalized spacial score (nSPS) is 24.1. The molecule has 0 bridgehead atoms. The summed E-state index contributed by atoms with van der Waals surface area (Å²) in [4.78, 5) is 28.4. The Hall–Kier alpha value is -2.42. The summed E-state index contributed by atoms with van der Waals surface area (Å²) in [6.07, 6.45) is 5.36. The average molecular weight is 421 g/mol. The number of ether oxygens (including phenoxy) is 4. The van der Waals surface area contributed by atoms with Crippen LogP contribution >= 0.6 is 0 Å². The summed E-state index contributed by atoms with van der Waals surface area (Å²) in [5.74, 6) is -0.609. The maximum Gasteiger partial charge on any atom is 0.306 e. The minimum Gasteiger partial charge on any atom is -0.463 e. The topological polar surface area (TPSA) is 113 Å². The highest BCUT2D eigenvalue weighted by Gasteiger charge is 2.54. The first-order valence-corrected chi connectivity index (χ1v) is 10.8. The molecule has 166 valence electrons. The van der Waals surface area contributed by atoms with Crippen LogP contribution in [0.3, 0.4) is 0 Å². The summed E-state index contributed by atoms with van der Waals surface area (Å²) < 4.78 is 24.7. The second-order valence-corrected chi connectivity index (χ2v) is 7.70. The van der Waals surface area contributed by atoms with E-state index in [0.29, 0.717) is 12.8 Å². The molecule has 2 aliphatic rings. The fourth-order valence-corrected chi connectivity index (χ4v) is 3.65. The highest BCUT2D eigenvalue weighted by Crippen LogP contribution is 2.40. The van der Waals surface area contributed by atoms with Gasteiger partial charge in [-0.1, -0.05) is 39.5 Å². The molecule has 9 nitrogen and oxygen atoms in total. The molecule has 0 amide bonds. The van der Waals surface area contributed by atoms with Crippen molar-refractivity contribution >= 4 is 11.9 Å². The number of nitrogens with zero attached hydrogens (tertiary/aromatic N) is 2. The number of esters is 2. The summed E-state index contributed by atoms with van der Waals surface area (Å²) in [5.41, 5.74) is 0.0758. The van der Waals surface area contributed by atoms with Crippen molar-refractivity contribution < 1.29 is 28.5 Å². The lowest BCUT2D eigenvalue weighted by atomic mass is 10.1. The summed E-state index contributed by atoms with van der Waals surface area (Å²) in [6.45, 7) is 4.14. The quantitative estimate of drug-likeness (QED) is 0.432. The van der Waals surface area contributed by atoms with E-state index in [1.807, 2.05) is 0 Å². The molecule has 0 spiro atoms. The Morgan fingerprint density at radius 1 is 1.13 bits per heavy atom. The standard InChI is InChI=1S/C21H31N3O6/c1-3-5-7-9-16(25)27-13-14-18(29-17(26)10-8-6-4-2)19-20(28-14)24-12-11-15(22)23-21(24)30-19/h11-12,14,18-20,22H,3-10,13H2,1-2H3/t14-,18-,19+,20-/m1/s1. The fourth-order valence-electron chi connectivity index (χ4n) is 3.65. The lowest BCUT2D eigenvalue weighted by Gasteiger charge is -2.22. The van der Waals surface area contributed by atoms with Crippen LogP contribution in [0.15, 0.2) is 12.3 Å². The monoisotopic (exact) mass is 421 g/mol. The first-order valence-electron chi connectivity index (χ1n) is 10.8. The molecule has 1 N–H and O–H groups in total. The molecule has 1 aromatic rings. The number of unbranched alkanes of at least 4 members (excludes halogenated alkanes) is 4. The number of aromatic nitrogens is 2. The molecule has 4 atom stereocenters. The third-order valence-corrected chi connectivity index (χ3v) is 5.28. The van der Waals surface area contributed by atoms with Gasteiger partial charge in [-0.15, -0.1) is 0 Å². The van der Waals surface area contributed by atoms with Crippen LogP contribution < -0.4 is 10.2 Å². The third-order valence-electron chi connectivity index (χ3n) is 5.28. The predicted octanol–water partition coefficient (Wildman–Crippen LogP) is 2.64. The van der Waals surface area contributed by atoms with Gasteiger partial charge in [-0.3, -0.25) is 19.6 Å². The number of rotatable bonds is 11. The number of carbonyl (C=O) groups is 2. The first kappa shape index (κ1) is 22.3. The smallest absolute Gasteiger partial charge is 0.306 e. The van der Waals surface area contributed by atoms with Crippen LogP contribution in [-0.2, 0) is 23.8 Å². The van der Waals surface area contributed by atoms with Crippen LogP contribution in [0.4, 0.5) is 0 Å². The second kappa shape index (κ2) is 10.6. The molecular weight excluding hydrogens is 390 g/mol. The van der Waals surface area contributed by atoms with Gasteiger partial charge in [0, 0.05) is 19.0 Å². The Balaban J connectivity index is 1.65. The Morgan fingerprint density at radius 2 is 1.83 bits per heavy atom. The molecule has 3 heterocycles. The number of hydrogen-bond acceptors (Lipinski definition) is 8. The van der Waals surface area contributed by atoms with E-state index in [2.05, 4.69) is 18.8 Å². The molecule has 0 aliphatic carbocycles. The van der Waals surface area contributed by atoms with Gasteiger partial charge in [0.25, 0.3) is 0 Å². The zero-order valence-electron chi connectivity index (χ0n) is 17.7. The Kier molecular flexibility index (Phi) is 7.84. The van der Waals surface area contributed by atoms with E-state index < -0.39 is 24.5 Å². The van der Waals surface area contributed by atoms with Crippen LogP contribution in [-0.4, -0.2) is 46.4 Å². The van der Waals surface area contributed by atoms with E-state index in [0.717, 1.165) is 38.5 Å². The molecule has 1 fully saturated rings. The van der Waals surface area contributed by atoms with Gasteiger partial charge in [0.2, 0.25) is 0 Å².